The lowest BCUT2D eigenvalue weighted by atomic mass is 10.1. The molecule has 0 aliphatic carbocycles. The third-order valence-electron chi connectivity index (χ3n) is 4.80. The van der Waals surface area contributed by atoms with Gasteiger partial charge in [-0.05, 0) is 53.9 Å². The molecule has 4 rings (SSSR count). The number of hydrazone groups is 1. The number of furan rings is 1. The molecule has 1 aromatic heterocycles. The van der Waals surface area contributed by atoms with Gasteiger partial charge >= 0.3 is 0 Å². The van der Waals surface area contributed by atoms with Gasteiger partial charge in [0, 0.05) is 10.6 Å². The van der Waals surface area contributed by atoms with Gasteiger partial charge in [-0.3, -0.25) is 4.79 Å². The van der Waals surface area contributed by atoms with Crippen LogP contribution in [0.2, 0.25) is 5.02 Å². The van der Waals surface area contributed by atoms with Crippen LogP contribution in [0, 0.1) is 6.92 Å². The van der Waals surface area contributed by atoms with Gasteiger partial charge in [-0.25, -0.2) is 5.43 Å². The van der Waals surface area contributed by atoms with Crippen molar-refractivity contribution in [3.05, 3.63) is 101 Å². The number of halogens is 1. The molecule has 5 nitrogen and oxygen atoms in total. The van der Waals surface area contributed by atoms with E-state index >= 15 is 0 Å². The van der Waals surface area contributed by atoms with Gasteiger partial charge < -0.3 is 9.15 Å². The van der Waals surface area contributed by atoms with Crippen LogP contribution in [0.5, 0.6) is 5.75 Å². The van der Waals surface area contributed by atoms with Crippen molar-refractivity contribution < 1.29 is 13.9 Å². The summed E-state index contributed by atoms with van der Waals surface area (Å²) in [5.74, 6) is 1.41. The third kappa shape index (κ3) is 5.45. The van der Waals surface area contributed by atoms with E-state index in [9.17, 15) is 4.79 Å². The predicted molar refractivity (Wildman–Crippen MR) is 127 cm³/mol. The summed E-state index contributed by atoms with van der Waals surface area (Å²) in [5.41, 5.74) is 6.50. The molecule has 0 saturated carbocycles. The number of carbonyl (C=O) groups excluding carboxylic acids is 1. The van der Waals surface area contributed by atoms with E-state index in [1.54, 1.807) is 6.07 Å². The van der Waals surface area contributed by atoms with Gasteiger partial charge in [0.2, 0.25) is 0 Å². The van der Waals surface area contributed by atoms with Crippen LogP contribution in [-0.4, -0.2) is 18.7 Å². The van der Waals surface area contributed by atoms with Crippen LogP contribution in [0.15, 0.2) is 94.4 Å². The molecule has 32 heavy (non-hydrogen) atoms. The first-order valence-electron chi connectivity index (χ1n) is 10.0. The number of nitrogens with one attached hydrogen (secondary N) is 1. The molecule has 160 valence electrons. The number of hydrogen-bond acceptors (Lipinski definition) is 4. The zero-order valence-electron chi connectivity index (χ0n) is 17.4. The lowest BCUT2D eigenvalue weighted by Crippen LogP contribution is -2.24. The summed E-state index contributed by atoms with van der Waals surface area (Å²) in [7, 11) is 0. The van der Waals surface area contributed by atoms with Gasteiger partial charge in [0.15, 0.2) is 6.61 Å². The van der Waals surface area contributed by atoms with Crippen molar-refractivity contribution in [1.82, 2.24) is 5.43 Å². The smallest absolute Gasteiger partial charge is 0.277 e. The minimum absolute atomic E-state index is 0.146. The lowest BCUT2D eigenvalue weighted by molar-refractivity contribution is -0.123. The Morgan fingerprint density at radius 3 is 2.44 bits per heavy atom. The minimum atomic E-state index is -0.370. The summed E-state index contributed by atoms with van der Waals surface area (Å²) in [4.78, 5) is 12.0. The fraction of sp³-hybridized carbons (Fsp3) is 0.0769. The Hall–Kier alpha value is -3.83. The van der Waals surface area contributed by atoms with E-state index in [0.29, 0.717) is 22.3 Å². The highest BCUT2D eigenvalue weighted by Gasteiger charge is 2.06. The summed E-state index contributed by atoms with van der Waals surface area (Å²) in [6.45, 7) is 1.80. The quantitative estimate of drug-likeness (QED) is 0.276. The lowest BCUT2D eigenvalue weighted by Gasteiger charge is -2.06. The number of benzene rings is 3. The van der Waals surface area contributed by atoms with E-state index < -0.39 is 0 Å². The maximum Gasteiger partial charge on any atom is 0.277 e. The highest BCUT2D eigenvalue weighted by Crippen LogP contribution is 2.26. The first-order valence-corrected chi connectivity index (χ1v) is 10.4. The molecular weight excluding hydrogens is 424 g/mol. The standard InChI is InChI=1S/C26H21ClN2O3/c1-18-7-8-21(15-24(18)27)25-14-13-23(32-25)16-28-29-26(30)17-31-22-11-9-20(10-12-22)19-5-3-2-4-6-19/h2-16H,17H2,1H3,(H,29,30)/b28-16-. The predicted octanol–water partition coefficient (Wildman–Crippen LogP) is 6.10. The van der Waals surface area contributed by atoms with Crippen LogP contribution in [0.1, 0.15) is 11.3 Å². The summed E-state index contributed by atoms with van der Waals surface area (Å²) in [5, 5.41) is 4.60. The molecule has 1 heterocycles. The normalized spacial score (nSPS) is 10.9. The van der Waals surface area contributed by atoms with Crippen molar-refractivity contribution in [2.45, 2.75) is 6.92 Å². The monoisotopic (exact) mass is 444 g/mol. The van der Waals surface area contributed by atoms with Gasteiger partial charge in [-0.1, -0.05) is 66.2 Å². The maximum atomic E-state index is 12.0. The van der Waals surface area contributed by atoms with Crippen LogP contribution >= 0.6 is 11.6 Å². The summed E-state index contributed by atoms with van der Waals surface area (Å²) in [6, 6.07) is 26.9. The van der Waals surface area contributed by atoms with Crippen LogP contribution in [-0.2, 0) is 4.79 Å². The second-order valence-electron chi connectivity index (χ2n) is 7.14. The fourth-order valence-electron chi connectivity index (χ4n) is 3.05. The second kappa shape index (κ2) is 9.98. The maximum absolute atomic E-state index is 12.0. The highest BCUT2D eigenvalue weighted by molar-refractivity contribution is 6.31. The molecule has 6 heteroatoms. The van der Waals surface area contributed by atoms with Gasteiger partial charge in [-0.15, -0.1) is 0 Å². The molecule has 3 aromatic carbocycles. The fourth-order valence-corrected chi connectivity index (χ4v) is 3.23. The topological polar surface area (TPSA) is 63.8 Å². The van der Waals surface area contributed by atoms with Crippen molar-refractivity contribution in [1.29, 1.82) is 0 Å². The second-order valence-corrected chi connectivity index (χ2v) is 7.55. The van der Waals surface area contributed by atoms with Crippen LogP contribution in [0.4, 0.5) is 0 Å². The summed E-state index contributed by atoms with van der Waals surface area (Å²) in [6.07, 6.45) is 1.44. The average molecular weight is 445 g/mol. The van der Waals surface area contributed by atoms with E-state index in [1.807, 2.05) is 85.8 Å². The van der Waals surface area contributed by atoms with Crippen LogP contribution in [0.25, 0.3) is 22.5 Å². The molecule has 0 radical (unpaired) electrons. The zero-order valence-corrected chi connectivity index (χ0v) is 18.2. The Morgan fingerprint density at radius 1 is 0.969 bits per heavy atom. The SMILES string of the molecule is Cc1ccc(-c2ccc(/C=N\NC(=O)COc3ccc(-c4ccccc4)cc3)o2)cc1Cl. The van der Waals surface area contributed by atoms with Gasteiger partial charge in [0.1, 0.15) is 17.3 Å². The highest BCUT2D eigenvalue weighted by atomic mass is 35.5. The number of carbonyl (C=O) groups is 1. The minimum Gasteiger partial charge on any atom is -0.484 e. The number of nitrogens with zero attached hydrogens (tertiary/aromatic N) is 1. The van der Waals surface area contributed by atoms with E-state index in [1.165, 1.54) is 6.21 Å². The molecule has 0 atom stereocenters. The Balaban J connectivity index is 1.27. The van der Waals surface area contributed by atoms with Gasteiger partial charge in [0.25, 0.3) is 5.91 Å². The summed E-state index contributed by atoms with van der Waals surface area (Å²) < 4.78 is 11.3. The molecule has 0 spiro atoms. The average Bonchev–Trinajstić information content (AvgIpc) is 3.29. The molecular formula is C26H21ClN2O3. The van der Waals surface area contributed by atoms with Crippen molar-refractivity contribution >= 4 is 23.7 Å². The van der Waals surface area contributed by atoms with Crippen molar-refractivity contribution in [2.24, 2.45) is 5.10 Å². The summed E-state index contributed by atoms with van der Waals surface area (Å²) >= 11 is 6.17. The zero-order chi connectivity index (χ0) is 22.3. The molecule has 0 fully saturated rings. The Labute approximate surface area is 191 Å². The Bertz CT molecular complexity index is 1230. The van der Waals surface area contributed by atoms with E-state index in [4.69, 9.17) is 20.8 Å². The molecule has 0 saturated heterocycles. The third-order valence-corrected chi connectivity index (χ3v) is 5.20. The molecule has 0 bridgehead atoms. The van der Waals surface area contributed by atoms with Crippen molar-refractivity contribution in [3.8, 4) is 28.2 Å². The molecule has 0 unspecified atom stereocenters. The van der Waals surface area contributed by atoms with Crippen LogP contribution < -0.4 is 10.2 Å². The van der Waals surface area contributed by atoms with Crippen molar-refractivity contribution in [3.63, 3.8) is 0 Å². The van der Waals surface area contributed by atoms with Crippen LogP contribution in [0.3, 0.4) is 0 Å². The van der Waals surface area contributed by atoms with E-state index in [2.05, 4.69) is 10.5 Å². The Kier molecular flexibility index (Phi) is 6.68. The first kappa shape index (κ1) is 21.4. The molecule has 0 aliphatic heterocycles. The number of hydrogen-bond donors (Lipinski definition) is 1. The molecule has 1 N–H and O–H groups in total. The van der Waals surface area contributed by atoms with E-state index in [0.717, 1.165) is 22.3 Å². The Morgan fingerprint density at radius 2 is 1.69 bits per heavy atom. The number of rotatable bonds is 7. The molecule has 4 aromatic rings. The van der Waals surface area contributed by atoms with E-state index in [-0.39, 0.29) is 12.5 Å². The molecule has 0 aliphatic rings. The number of ether oxygens (including phenoxy) is 1. The van der Waals surface area contributed by atoms with Gasteiger partial charge in [0.05, 0.1) is 6.21 Å². The van der Waals surface area contributed by atoms with Crippen molar-refractivity contribution in [2.75, 3.05) is 6.61 Å². The number of amides is 1. The molecule has 1 amide bonds. The first-order chi connectivity index (χ1) is 15.6. The number of aryl methyl sites for hydroxylation is 1. The largest absolute Gasteiger partial charge is 0.484 e. The van der Waals surface area contributed by atoms with Gasteiger partial charge in [-0.2, -0.15) is 5.10 Å².